The van der Waals surface area contributed by atoms with Gasteiger partial charge in [-0.1, -0.05) is 0 Å². The number of nitrogens with one attached hydrogen (secondary N) is 1. The summed E-state index contributed by atoms with van der Waals surface area (Å²) in [4.78, 5) is 20.4. The number of fused-ring (bicyclic) bond motifs is 3. The first-order chi connectivity index (χ1) is 13.5. The quantitative estimate of drug-likeness (QED) is 0.757. The standard InChI is InChI=1S/C21H21N5O2/c1-13(2)28-21(27)25-16-8-18-17-7-14(10-22)3-4-19(17)26(20(18)9-16)11-15-5-6-23-12-24-15/h3-7,12-13,16H,8-9,11H2,1-2H3,(H,25,27)/t16-/m1/s1. The molecule has 1 aromatic carbocycles. The second-order valence-corrected chi connectivity index (χ2v) is 7.26. The first-order valence-corrected chi connectivity index (χ1v) is 9.31. The van der Waals surface area contributed by atoms with Gasteiger partial charge < -0.3 is 14.6 Å². The van der Waals surface area contributed by atoms with Gasteiger partial charge in [-0.15, -0.1) is 0 Å². The third kappa shape index (κ3) is 3.41. The molecule has 28 heavy (non-hydrogen) atoms. The van der Waals surface area contributed by atoms with Crippen molar-refractivity contribution in [2.24, 2.45) is 0 Å². The molecule has 7 heteroatoms. The molecule has 0 unspecified atom stereocenters. The number of carbonyl (C=O) groups excluding carboxylic acids is 1. The first kappa shape index (κ1) is 18.0. The highest BCUT2D eigenvalue weighted by atomic mass is 16.6. The number of carbonyl (C=O) groups is 1. The molecule has 4 rings (SSSR count). The van der Waals surface area contributed by atoms with Crippen LogP contribution in [0.4, 0.5) is 4.79 Å². The zero-order chi connectivity index (χ0) is 19.7. The van der Waals surface area contributed by atoms with Crippen molar-refractivity contribution in [1.29, 1.82) is 5.26 Å². The largest absolute Gasteiger partial charge is 0.447 e. The van der Waals surface area contributed by atoms with Crippen LogP contribution >= 0.6 is 0 Å². The molecular weight excluding hydrogens is 354 g/mol. The summed E-state index contributed by atoms with van der Waals surface area (Å²) in [6.07, 6.45) is 4.15. The van der Waals surface area contributed by atoms with Crippen LogP contribution < -0.4 is 5.32 Å². The number of aromatic nitrogens is 3. The van der Waals surface area contributed by atoms with Crippen LogP contribution in [0.25, 0.3) is 10.9 Å². The molecule has 0 aliphatic heterocycles. The molecule has 1 atom stereocenters. The summed E-state index contributed by atoms with van der Waals surface area (Å²) in [6.45, 7) is 4.27. The molecule has 0 saturated heterocycles. The van der Waals surface area contributed by atoms with Crippen LogP contribution in [0, 0.1) is 11.3 Å². The number of alkyl carbamates (subject to hydrolysis) is 1. The van der Waals surface area contributed by atoms with Crippen molar-refractivity contribution in [3.63, 3.8) is 0 Å². The maximum atomic E-state index is 12.0. The Morgan fingerprint density at radius 1 is 1.39 bits per heavy atom. The van der Waals surface area contributed by atoms with Crippen LogP contribution in [0.15, 0.2) is 36.8 Å². The van der Waals surface area contributed by atoms with Gasteiger partial charge in [0.1, 0.15) is 6.33 Å². The Labute approximate surface area is 163 Å². The average Bonchev–Trinajstić information content (AvgIpc) is 3.19. The fourth-order valence-electron chi connectivity index (χ4n) is 3.83. The second kappa shape index (κ2) is 7.31. The Kier molecular flexibility index (Phi) is 4.70. The minimum absolute atomic E-state index is 0.0250. The van der Waals surface area contributed by atoms with Gasteiger partial charge in [0.15, 0.2) is 0 Å². The van der Waals surface area contributed by atoms with Crippen LogP contribution in [0.3, 0.4) is 0 Å². The number of ether oxygens (including phenoxy) is 1. The van der Waals surface area contributed by atoms with Crippen LogP contribution in [0.5, 0.6) is 0 Å². The van der Waals surface area contributed by atoms with Gasteiger partial charge in [0, 0.05) is 35.3 Å². The van der Waals surface area contributed by atoms with E-state index in [9.17, 15) is 10.1 Å². The summed E-state index contributed by atoms with van der Waals surface area (Å²) in [7, 11) is 0. The maximum Gasteiger partial charge on any atom is 0.407 e. The molecule has 2 heterocycles. The van der Waals surface area contributed by atoms with E-state index in [1.807, 2.05) is 38.1 Å². The van der Waals surface area contributed by atoms with Crippen molar-refractivity contribution in [2.45, 2.75) is 45.4 Å². The molecule has 1 aliphatic carbocycles. The smallest absolute Gasteiger partial charge is 0.407 e. The van der Waals surface area contributed by atoms with E-state index in [0.29, 0.717) is 24.9 Å². The molecule has 0 bridgehead atoms. The van der Waals surface area contributed by atoms with Gasteiger partial charge in [0.05, 0.1) is 30.0 Å². The zero-order valence-corrected chi connectivity index (χ0v) is 15.8. The van der Waals surface area contributed by atoms with E-state index in [-0.39, 0.29) is 12.1 Å². The fraction of sp³-hybridized carbons (Fsp3) is 0.333. The summed E-state index contributed by atoms with van der Waals surface area (Å²) >= 11 is 0. The van der Waals surface area contributed by atoms with Crippen molar-refractivity contribution in [1.82, 2.24) is 19.9 Å². The first-order valence-electron chi connectivity index (χ1n) is 9.31. The summed E-state index contributed by atoms with van der Waals surface area (Å²) in [5.74, 6) is 0. The van der Waals surface area contributed by atoms with E-state index in [0.717, 1.165) is 16.6 Å². The highest BCUT2D eigenvalue weighted by molar-refractivity contribution is 5.88. The third-order valence-corrected chi connectivity index (χ3v) is 4.93. The van der Waals surface area contributed by atoms with Gasteiger partial charge >= 0.3 is 6.09 Å². The molecule has 7 nitrogen and oxygen atoms in total. The number of nitrogens with zero attached hydrogens (tertiary/aromatic N) is 4. The number of hydrogen-bond acceptors (Lipinski definition) is 5. The lowest BCUT2D eigenvalue weighted by atomic mass is 10.1. The van der Waals surface area contributed by atoms with E-state index < -0.39 is 6.09 Å². The van der Waals surface area contributed by atoms with Crippen LogP contribution in [0.1, 0.15) is 36.4 Å². The second-order valence-electron chi connectivity index (χ2n) is 7.26. The lowest BCUT2D eigenvalue weighted by Gasteiger charge is -2.16. The Hall–Kier alpha value is -3.40. The molecule has 3 aromatic rings. The topological polar surface area (TPSA) is 92.8 Å². The molecule has 1 aliphatic rings. The molecule has 0 fully saturated rings. The predicted molar refractivity (Wildman–Crippen MR) is 104 cm³/mol. The highest BCUT2D eigenvalue weighted by Gasteiger charge is 2.30. The molecule has 2 aromatic heterocycles. The van der Waals surface area contributed by atoms with Gasteiger partial charge in [0.25, 0.3) is 0 Å². The highest BCUT2D eigenvalue weighted by Crippen LogP contribution is 2.34. The van der Waals surface area contributed by atoms with Gasteiger partial charge in [-0.3, -0.25) is 0 Å². The lowest BCUT2D eigenvalue weighted by Crippen LogP contribution is -2.37. The minimum Gasteiger partial charge on any atom is -0.447 e. The van der Waals surface area contributed by atoms with E-state index in [2.05, 4.69) is 25.9 Å². The fourth-order valence-corrected chi connectivity index (χ4v) is 3.83. The Bertz CT molecular complexity index is 1070. The van der Waals surface area contributed by atoms with Crippen molar-refractivity contribution < 1.29 is 9.53 Å². The average molecular weight is 375 g/mol. The lowest BCUT2D eigenvalue weighted by molar-refractivity contribution is 0.112. The van der Waals surface area contributed by atoms with E-state index in [1.165, 1.54) is 11.3 Å². The normalized spacial score (nSPS) is 15.4. The Morgan fingerprint density at radius 3 is 2.96 bits per heavy atom. The molecule has 0 saturated carbocycles. The SMILES string of the molecule is CC(C)OC(=O)N[C@@H]1Cc2c(n(Cc3ccncn3)c3ccc(C#N)cc23)C1. The van der Waals surface area contributed by atoms with E-state index >= 15 is 0 Å². The van der Waals surface area contributed by atoms with Crippen molar-refractivity contribution in [2.75, 3.05) is 0 Å². The molecule has 0 radical (unpaired) electrons. The van der Waals surface area contributed by atoms with Crippen LogP contribution in [0.2, 0.25) is 0 Å². The minimum atomic E-state index is -0.394. The van der Waals surface area contributed by atoms with E-state index in [1.54, 1.807) is 12.5 Å². The van der Waals surface area contributed by atoms with Gasteiger partial charge in [0.2, 0.25) is 0 Å². The van der Waals surface area contributed by atoms with Gasteiger partial charge in [-0.05, 0) is 50.1 Å². The Morgan fingerprint density at radius 2 is 2.25 bits per heavy atom. The zero-order valence-electron chi connectivity index (χ0n) is 15.8. The van der Waals surface area contributed by atoms with Crippen LogP contribution in [-0.2, 0) is 24.1 Å². The summed E-state index contributed by atoms with van der Waals surface area (Å²) in [5, 5.41) is 13.3. The number of hydrogen-bond donors (Lipinski definition) is 1. The monoisotopic (exact) mass is 375 g/mol. The summed E-state index contributed by atoms with van der Waals surface area (Å²) < 4.78 is 7.45. The Balaban J connectivity index is 1.69. The number of amides is 1. The van der Waals surface area contributed by atoms with Crippen molar-refractivity contribution in [3.8, 4) is 6.07 Å². The molecule has 142 valence electrons. The summed E-state index contributed by atoms with van der Waals surface area (Å²) in [6, 6.07) is 9.84. The molecular formula is C21H21N5O2. The molecule has 0 spiro atoms. The van der Waals surface area contributed by atoms with Gasteiger partial charge in [-0.25, -0.2) is 14.8 Å². The molecule has 1 N–H and O–H groups in total. The predicted octanol–water partition coefficient (Wildman–Crippen LogP) is 2.95. The van der Waals surface area contributed by atoms with Crippen molar-refractivity contribution in [3.05, 3.63) is 59.3 Å². The van der Waals surface area contributed by atoms with Gasteiger partial charge in [-0.2, -0.15) is 5.26 Å². The third-order valence-electron chi connectivity index (χ3n) is 4.93. The number of nitriles is 1. The van der Waals surface area contributed by atoms with Crippen LogP contribution in [-0.4, -0.2) is 32.8 Å². The van der Waals surface area contributed by atoms with Crippen molar-refractivity contribution >= 4 is 17.0 Å². The summed E-state index contributed by atoms with van der Waals surface area (Å²) in [5.41, 5.74) is 4.96. The number of rotatable bonds is 4. The number of benzene rings is 1. The molecule has 1 amide bonds. The van der Waals surface area contributed by atoms with E-state index in [4.69, 9.17) is 4.74 Å². The maximum absolute atomic E-state index is 12.0.